The Morgan fingerprint density at radius 2 is 2.36 bits per heavy atom. The number of anilines is 1. The van der Waals surface area contributed by atoms with Gasteiger partial charge in [-0.1, -0.05) is 13.8 Å². The van der Waals surface area contributed by atoms with Gasteiger partial charge in [-0.15, -0.1) is 11.3 Å². The van der Waals surface area contributed by atoms with E-state index in [0.717, 1.165) is 26.2 Å². The zero-order chi connectivity index (χ0) is 10.0. The van der Waals surface area contributed by atoms with Crippen molar-refractivity contribution in [1.82, 2.24) is 5.32 Å². The summed E-state index contributed by atoms with van der Waals surface area (Å²) in [6.45, 7) is 9.15. The molecule has 0 saturated carbocycles. The van der Waals surface area contributed by atoms with Crippen LogP contribution in [0, 0.1) is 5.41 Å². The molecule has 0 amide bonds. The second kappa shape index (κ2) is 3.91. The van der Waals surface area contributed by atoms with Crippen molar-refractivity contribution in [2.24, 2.45) is 5.41 Å². The maximum Gasteiger partial charge on any atom is 0.0909 e. The quantitative estimate of drug-likeness (QED) is 0.764. The molecular weight excluding hydrogens is 192 g/mol. The lowest BCUT2D eigenvalue weighted by Gasteiger charge is -2.29. The largest absolute Gasteiger partial charge is 0.362 e. The first-order valence-corrected chi connectivity index (χ1v) is 6.05. The van der Waals surface area contributed by atoms with Crippen LogP contribution in [0.3, 0.4) is 0 Å². The molecule has 2 heterocycles. The molecule has 1 N–H and O–H groups in total. The highest BCUT2D eigenvalue weighted by Gasteiger charge is 2.24. The van der Waals surface area contributed by atoms with Gasteiger partial charge in [0.05, 0.1) is 5.00 Å². The van der Waals surface area contributed by atoms with E-state index < -0.39 is 0 Å². The van der Waals surface area contributed by atoms with E-state index in [1.54, 1.807) is 0 Å². The molecule has 0 spiro atoms. The lowest BCUT2D eigenvalue weighted by atomic mass is 9.93. The van der Waals surface area contributed by atoms with Gasteiger partial charge in [-0.3, -0.25) is 0 Å². The van der Waals surface area contributed by atoms with Crippen LogP contribution >= 0.6 is 11.3 Å². The molecule has 2 nitrogen and oxygen atoms in total. The highest BCUT2D eigenvalue weighted by molar-refractivity contribution is 7.14. The van der Waals surface area contributed by atoms with Gasteiger partial charge in [-0.25, -0.2) is 0 Å². The minimum absolute atomic E-state index is 0.375. The minimum Gasteiger partial charge on any atom is -0.362 e. The van der Waals surface area contributed by atoms with E-state index >= 15 is 0 Å². The molecule has 1 fully saturated rings. The van der Waals surface area contributed by atoms with Crippen LogP contribution in [-0.2, 0) is 0 Å². The predicted molar refractivity (Wildman–Crippen MR) is 63.2 cm³/mol. The molecule has 1 aliphatic heterocycles. The first-order valence-electron chi connectivity index (χ1n) is 5.17. The third-order valence-electron chi connectivity index (χ3n) is 2.60. The fraction of sp³-hybridized carbons (Fsp3) is 0.636. The lowest BCUT2D eigenvalue weighted by molar-refractivity contribution is 0.371. The van der Waals surface area contributed by atoms with Gasteiger partial charge in [0, 0.05) is 26.2 Å². The molecule has 14 heavy (non-hydrogen) atoms. The smallest absolute Gasteiger partial charge is 0.0909 e. The predicted octanol–water partition coefficient (Wildman–Crippen LogP) is 2.18. The van der Waals surface area contributed by atoms with Crippen LogP contribution in [0.4, 0.5) is 5.00 Å². The van der Waals surface area contributed by atoms with Gasteiger partial charge in [-0.2, -0.15) is 0 Å². The molecule has 3 heteroatoms. The molecule has 0 unspecified atom stereocenters. The number of nitrogens with one attached hydrogen (secondary N) is 1. The summed E-state index contributed by atoms with van der Waals surface area (Å²) in [6.07, 6.45) is 0. The standard InChI is InChI=1S/C11H18N2S/c1-11(2)8-12-5-6-13(9-11)10-4-3-7-14-10/h3-4,7,12H,5-6,8-9H2,1-2H3. The van der Waals surface area contributed by atoms with Gasteiger partial charge in [0.25, 0.3) is 0 Å². The van der Waals surface area contributed by atoms with E-state index in [1.165, 1.54) is 5.00 Å². The van der Waals surface area contributed by atoms with Crippen molar-refractivity contribution in [1.29, 1.82) is 0 Å². The Bertz CT molecular complexity index is 279. The first-order chi connectivity index (χ1) is 6.67. The van der Waals surface area contributed by atoms with Crippen molar-refractivity contribution < 1.29 is 0 Å². The number of thiophene rings is 1. The Balaban J connectivity index is 2.11. The zero-order valence-corrected chi connectivity index (χ0v) is 9.73. The Kier molecular flexibility index (Phi) is 2.79. The van der Waals surface area contributed by atoms with E-state index in [-0.39, 0.29) is 0 Å². The average molecular weight is 210 g/mol. The summed E-state index contributed by atoms with van der Waals surface area (Å²) in [7, 11) is 0. The molecule has 0 radical (unpaired) electrons. The van der Waals surface area contributed by atoms with Crippen LogP contribution in [0.5, 0.6) is 0 Å². The molecule has 78 valence electrons. The molecule has 0 atom stereocenters. The normalized spacial score (nSPS) is 22.0. The van der Waals surface area contributed by atoms with Crippen LogP contribution in [0.1, 0.15) is 13.8 Å². The van der Waals surface area contributed by atoms with Crippen LogP contribution in [-0.4, -0.2) is 26.2 Å². The van der Waals surface area contributed by atoms with Gasteiger partial charge in [0.2, 0.25) is 0 Å². The van der Waals surface area contributed by atoms with Crippen molar-refractivity contribution in [2.75, 3.05) is 31.1 Å². The van der Waals surface area contributed by atoms with Crippen molar-refractivity contribution in [3.05, 3.63) is 17.5 Å². The van der Waals surface area contributed by atoms with Crippen molar-refractivity contribution in [3.63, 3.8) is 0 Å². The second-order valence-corrected chi connectivity index (χ2v) is 5.64. The summed E-state index contributed by atoms with van der Waals surface area (Å²) < 4.78 is 0. The number of rotatable bonds is 1. The van der Waals surface area contributed by atoms with Crippen LogP contribution < -0.4 is 10.2 Å². The molecular formula is C11H18N2S. The van der Waals surface area contributed by atoms with Crippen LogP contribution in [0.15, 0.2) is 17.5 Å². The Labute approximate surface area is 89.9 Å². The zero-order valence-electron chi connectivity index (χ0n) is 8.92. The minimum atomic E-state index is 0.375. The first kappa shape index (κ1) is 9.99. The molecule has 0 aliphatic carbocycles. The lowest BCUT2D eigenvalue weighted by Crippen LogP contribution is -2.34. The maximum absolute atomic E-state index is 3.49. The Morgan fingerprint density at radius 1 is 1.50 bits per heavy atom. The molecule has 1 aliphatic rings. The number of hydrogen-bond acceptors (Lipinski definition) is 3. The summed E-state index contributed by atoms with van der Waals surface area (Å²) in [5, 5.41) is 7.05. The van der Waals surface area contributed by atoms with E-state index in [4.69, 9.17) is 0 Å². The maximum atomic E-state index is 3.49. The van der Waals surface area contributed by atoms with E-state index in [2.05, 4.69) is 41.6 Å². The molecule has 2 rings (SSSR count). The van der Waals surface area contributed by atoms with Crippen molar-refractivity contribution >= 4 is 16.3 Å². The Hall–Kier alpha value is -0.540. The number of hydrogen-bond donors (Lipinski definition) is 1. The van der Waals surface area contributed by atoms with Crippen LogP contribution in [0.25, 0.3) is 0 Å². The summed E-state index contributed by atoms with van der Waals surface area (Å²) in [5.41, 5.74) is 0.375. The average Bonchev–Trinajstić information content (AvgIpc) is 2.57. The molecule has 1 saturated heterocycles. The third kappa shape index (κ3) is 2.28. The van der Waals surface area contributed by atoms with Gasteiger partial charge in [0.1, 0.15) is 0 Å². The highest BCUT2D eigenvalue weighted by Crippen LogP contribution is 2.26. The van der Waals surface area contributed by atoms with Crippen molar-refractivity contribution in [3.8, 4) is 0 Å². The van der Waals surface area contributed by atoms with Gasteiger partial charge >= 0.3 is 0 Å². The summed E-state index contributed by atoms with van der Waals surface area (Å²) >= 11 is 1.84. The second-order valence-electron chi connectivity index (χ2n) is 4.71. The van der Waals surface area contributed by atoms with Gasteiger partial charge in [-0.05, 0) is 22.9 Å². The molecule has 1 aromatic heterocycles. The molecule has 0 bridgehead atoms. The van der Waals surface area contributed by atoms with E-state index in [1.807, 2.05) is 11.3 Å². The summed E-state index contributed by atoms with van der Waals surface area (Å²) in [4.78, 5) is 2.49. The van der Waals surface area contributed by atoms with Crippen LogP contribution in [0.2, 0.25) is 0 Å². The summed E-state index contributed by atoms with van der Waals surface area (Å²) in [6, 6.07) is 4.34. The molecule has 0 aromatic carbocycles. The molecule has 1 aromatic rings. The van der Waals surface area contributed by atoms with E-state index in [9.17, 15) is 0 Å². The van der Waals surface area contributed by atoms with E-state index in [0.29, 0.717) is 5.41 Å². The SMILES string of the molecule is CC1(C)CNCCN(c2cccs2)C1. The highest BCUT2D eigenvalue weighted by atomic mass is 32.1. The Morgan fingerprint density at radius 3 is 3.07 bits per heavy atom. The fourth-order valence-electron chi connectivity index (χ4n) is 1.93. The monoisotopic (exact) mass is 210 g/mol. The topological polar surface area (TPSA) is 15.3 Å². The van der Waals surface area contributed by atoms with Gasteiger partial charge < -0.3 is 10.2 Å². The number of nitrogens with zero attached hydrogens (tertiary/aromatic N) is 1. The fourth-order valence-corrected chi connectivity index (χ4v) is 2.69. The summed E-state index contributed by atoms with van der Waals surface area (Å²) in [5.74, 6) is 0. The third-order valence-corrected chi connectivity index (χ3v) is 3.53. The van der Waals surface area contributed by atoms with Gasteiger partial charge in [0.15, 0.2) is 0 Å². The van der Waals surface area contributed by atoms with Crippen molar-refractivity contribution in [2.45, 2.75) is 13.8 Å².